The van der Waals surface area contributed by atoms with E-state index in [1.807, 2.05) is 0 Å². The first-order valence-corrected chi connectivity index (χ1v) is 3.63. The van der Waals surface area contributed by atoms with Gasteiger partial charge in [-0.05, 0) is 6.08 Å². The van der Waals surface area contributed by atoms with Crippen molar-refractivity contribution in [1.82, 2.24) is 15.0 Å². The quantitative estimate of drug-likeness (QED) is 0.305. The summed E-state index contributed by atoms with van der Waals surface area (Å²) in [5.74, 6) is -0.449. The van der Waals surface area contributed by atoms with Gasteiger partial charge in [0.2, 0.25) is 23.6 Å². The summed E-state index contributed by atoms with van der Waals surface area (Å²) in [4.78, 5) is 29.5. The molecule has 0 aliphatic heterocycles. The van der Waals surface area contributed by atoms with Crippen LogP contribution in [-0.4, -0.2) is 27.0 Å². The largest absolute Gasteiger partial charge is 0.368 e. The molecule has 0 saturated heterocycles. The maximum Gasteiger partial charge on any atom is 0.226 e. The smallest absolute Gasteiger partial charge is 0.226 e. The number of ketones is 1. The Hall–Kier alpha value is -2.51. The first-order chi connectivity index (χ1) is 6.99. The number of carbonyl (C=O) groups excluding carboxylic acids is 2. The van der Waals surface area contributed by atoms with Gasteiger partial charge in [0.15, 0.2) is 6.29 Å². The third kappa shape index (κ3) is 5.69. The van der Waals surface area contributed by atoms with Crippen molar-refractivity contribution in [3.05, 3.63) is 12.7 Å². The zero-order valence-electron chi connectivity index (χ0n) is 7.75. The summed E-state index contributed by atoms with van der Waals surface area (Å²) in [7, 11) is 0. The van der Waals surface area contributed by atoms with Crippen LogP contribution in [0.25, 0.3) is 0 Å². The average molecular weight is 210 g/mol. The standard InChI is InChI=1S/C4H4O2.C3H6N6/c1-2-4(6)3-5;4-1-7-2(5)9-3(6)8-1/h2-3H,1H2;(H6,4,5,6,7,8,9). The summed E-state index contributed by atoms with van der Waals surface area (Å²) in [5, 5.41) is 0. The van der Waals surface area contributed by atoms with Crippen LogP contribution in [0.4, 0.5) is 17.8 Å². The van der Waals surface area contributed by atoms with Crippen LogP contribution >= 0.6 is 0 Å². The number of hydrogen-bond acceptors (Lipinski definition) is 8. The second kappa shape index (κ2) is 6.02. The fourth-order valence-corrected chi connectivity index (χ4v) is 0.475. The molecule has 6 N–H and O–H groups in total. The summed E-state index contributed by atoms with van der Waals surface area (Å²) in [6.07, 6.45) is 1.18. The first kappa shape index (κ1) is 12.5. The molecule has 8 nitrogen and oxygen atoms in total. The number of rotatable bonds is 2. The van der Waals surface area contributed by atoms with Gasteiger partial charge < -0.3 is 17.2 Å². The highest BCUT2D eigenvalue weighted by Gasteiger charge is 1.93. The Morgan fingerprint density at radius 3 is 1.53 bits per heavy atom. The molecule has 0 radical (unpaired) electrons. The van der Waals surface area contributed by atoms with Crippen LogP contribution in [0.1, 0.15) is 0 Å². The molecule has 80 valence electrons. The summed E-state index contributed by atoms with van der Waals surface area (Å²) in [5.41, 5.74) is 15.4. The number of nitrogens with two attached hydrogens (primary N) is 3. The number of aldehydes is 1. The molecule has 0 bridgehead atoms. The lowest BCUT2D eigenvalue weighted by Crippen LogP contribution is -2.05. The van der Waals surface area contributed by atoms with Gasteiger partial charge in [-0.25, -0.2) is 0 Å². The highest BCUT2D eigenvalue weighted by atomic mass is 16.2. The molecule has 0 aliphatic rings. The van der Waals surface area contributed by atoms with Crippen LogP contribution in [0.3, 0.4) is 0 Å². The number of nitrogens with zero attached hydrogens (tertiary/aromatic N) is 3. The lowest BCUT2D eigenvalue weighted by molar-refractivity contribution is -0.126. The number of allylic oxidation sites excluding steroid dienone is 1. The Balaban J connectivity index is 0.000000288. The molecule has 0 unspecified atom stereocenters. The molecule has 0 aliphatic carbocycles. The number of carbonyl (C=O) groups is 2. The van der Waals surface area contributed by atoms with E-state index in [2.05, 4.69) is 21.5 Å². The first-order valence-electron chi connectivity index (χ1n) is 3.63. The van der Waals surface area contributed by atoms with Gasteiger partial charge in [0, 0.05) is 0 Å². The summed E-state index contributed by atoms with van der Waals surface area (Å²) in [6, 6.07) is 0. The Morgan fingerprint density at radius 2 is 1.40 bits per heavy atom. The second-order valence-electron chi connectivity index (χ2n) is 2.13. The molecular weight excluding hydrogens is 200 g/mol. The van der Waals surface area contributed by atoms with Crippen LogP contribution in [0.15, 0.2) is 12.7 Å². The summed E-state index contributed by atoms with van der Waals surface area (Å²) < 4.78 is 0. The zero-order valence-corrected chi connectivity index (χ0v) is 7.75. The van der Waals surface area contributed by atoms with Crippen molar-refractivity contribution in [2.45, 2.75) is 0 Å². The Kier molecular flexibility index (Phi) is 5.01. The van der Waals surface area contributed by atoms with Gasteiger partial charge in [0.25, 0.3) is 0 Å². The molecule has 1 rings (SSSR count). The lowest BCUT2D eigenvalue weighted by Gasteiger charge is -1.93. The number of hydrogen-bond donors (Lipinski definition) is 3. The van der Waals surface area contributed by atoms with Crippen molar-refractivity contribution >= 4 is 29.9 Å². The molecule has 0 aromatic carbocycles. The summed E-state index contributed by atoms with van der Waals surface area (Å²) >= 11 is 0. The molecule has 1 aromatic rings. The predicted molar refractivity (Wildman–Crippen MR) is 54.3 cm³/mol. The molecule has 8 heteroatoms. The van der Waals surface area contributed by atoms with Crippen molar-refractivity contribution < 1.29 is 9.59 Å². The van der Waals surface area contributed by atoms with Crippen LogP contribution in [0, 0.1) is 0 Å². The molecule has 1 heterocycles. The summed E-state index contributed by atoms with van der Waals surface area (Å²) in [6.45, 7) is 3.05. The third-order valence-corrected chi connectivity index (χ3v) is 1.00. The lowest BCUT2D eigenvalue weighted by atomic mass is 10.4. The molecular formula is C7H10N6O2. The SMILES string of the molecule is C=CC(=O)C=O.Nc1nc(N)nc(N)n1. The topological polar surface area (TPSA) is 151 Å². The van der Waals surface area contributed by atoms with E-state index in [-0.39, 0.29) is 24.1 Å². The van der Waals surface area contributed by atoms with Gasteiger partial charge in [-0.15, -0.1) is 0 Å². The van der Waals surface area contributed by atoms with Gasteiger partial charge in [-0.3, -0.25) is 9.59 Å². The molecule has 1 aromatic heterocycles. The van der Waals surface area contributed by atoms with Crippen molar-refractivity contribution in [2.75, 3.05) is 17.2 Å². The number of anilines is 3. The Bertz CT molecular complexity index is 317. The average Bonchev–Trinajstić information content (AvgIpc) is 2.15. The van der Waals surface area contributed by atoms with Gasteiger partial charge in [-0.1, -0.05) is 6.58 Å². The zero-order chi connectivity index (χ0) is 11.8. The molecule has 0 amide bonds. The highest BCUT2D eigenvalue weighted by molar-refractivity contribution is 6.30. The Morgan fingerprint density at radius 1 is 1.07 bits per heavy atom. The third-order valence-electron chi connectivity index (χ3n) is 1.00. The van der Waals surface area contributed by atoms with E-state index in [0.29, 0.717) is 0 Å². The highest BCUT2D eigenvalue weighted by Crippen LogP contribution is 1.97. The minimum atomic E-state index is -0.574. The van der Waals surface area contributed by atoms with E-state index >= 15 is 0 Å². The van der Waals surface area contributed by atoms with E-state index in [0.717, 1.165) is 6.08 Å². The maximum absolute atomic E-state index is 9.69. The fraction of sp³-hybridized carbons (Fsp3) is 0. The van der Waals surface area contributed by atoms with Crippen LogP contribution < -0.4 is 17.2 Å². The van der Waals surface area contributed by atoms with Crippen molar-refractivity contribution in [3.8, 4) is 0 Å². The van der Waals surface area contributed by atoms with E-state index in [1.54, 1.807) is 0 Å². The monoisotopic (exact) mass is 210 g/mol. The molecule has 15 heavy (non-hydrogen) atoms. The van der Waals surface area contributed by atoms with E-state index in [9.17, 15) is 9.59 Å². The van der Waals surface area contributed by atoms with E-state index < -0.39 is 5.78 Å². The minimum absolute atomic E-state index is 0.0417. The molecule has 0 fully saturated rings. The van der Waals surface area contributed by atoms with E-state index in [1.165, 1.54) is 0 Å². The maximum atomic E-state index is 9.69. The normalized spacial score (nSPS) is 8.27. The predicted octanol–water partition coefficient (Wildman–Crippen LogP) is -1.44. The van der Waals surface area contributed by atoms with Crippen LogP contribution in [0.2, 0.25) is 0 Å². The number of aromatic nitrogens is 3. The van der Waals surface area contributed by atoms with Gasteiger partial charge >= 0.3 is 0 Å². The van der Waals surface area contributed by atoms with Crippen LogP contribution in [-0.2, 0) is 9.59 Å². The minimum Gasteiger partial charge on any atom is -0.368 e. The van der Waals surface area contributed by atoms with Gasteiger partial charge in [-0.2, -0.15) is 15.0 Å². The van der Waals surface area contributed by atoms with Crippen molar-refractivity contribution in [2.24, 2.45) is 0 Å². The van der Waals surface area contributed by atoms with Gasteiger partial charge in [0.05, 0.1) is 0 Å². The van der Waals surface area contributed by atoms with Crippen LogP contribution in [0.5, 0.6) is 0 Å². The van der Waals surface area contributed by atoms with Gasteiger partial charge in [0.1, 0.15) is 0 Å². The molecule has 0 spiro atoms. The van der Waals surface area contributed by atoms with E-state index in [4.69, 9.17) is 17.2 Å². The fourth-order valence-electron chi connectivity index (χ4n) is 0.475. The second-order valence-corrected chi connectivity index (χ2v) is 2.13. The number of nitrogen functional groups attached to an aromatic ring is 3. The molecule has 0 atom stereocenters. The van der Waals surface area contributed by atoms with Crippen molar-refractivity contribution in [1.29, 1.82) is 0 Å². The van der Waals surface area contributed by atoms with Crippen molar-refractivity contribution in [3.63, 3.8) is 0 Å². The molecule has 0 saturated carbocycles. The Labute approximate surface area is 85.2 Å².